The summed E-state index contributed by atoms with van der Waals surface area (Å²) >= 11 is 0. The zero-order valence-corrected chi connectivity index (χ0v) is 39.2. The summed E-state index contributed by atoms with van der Waals surface area (Å²) in [7, 11) is 0. The predicted molar refractivity (Wildman–Crippen MR) is 255 cm³/mol. The second kappa shape index (κ2) is 48.7. The van der Waals surface area contributed by atoms with Gasteiger partial charge in [0.1, 0.15) is 0 Å². The average molecular weight is 830 g/mol. The summed E-state index contributed by atoms with van der Waals surface area (Å²) in [6.07, 6.45) is 58.5. The van der Waals surface area contributed by atoms with E-state index in [0.717, 1.165) is 70.6 Å². The molecule has 6 nitrogen and oxygen atoms in total. The molecule has 0 aliphatic rings. The normalized spacial score (nSPS) is 12.9. The van der Waals surface area contributed by atoms with E-state index >= 15 is 0 Å². The second-order valence-corrected chi connectivity index (χ2v) is 17.5. The van der Waals surface area contributed by atoms with Crippen molar-refractivity contribution in [2.45, 2.75) is 276 Å². The van der Waals surface area contributed by atoms with Crippen LogP contribution in [0.15, 0.2) is 36.5 Å². The number of unbranched alkanes of at least 4 members (excludes halogenated alkanes) is 32. The van der Waals surface area contributed by atoms with Crippen molar-refractivity contribution in [2.75, 3.05) is 13.2 Å². The number of carbonyl (C=O) groups excluding carboxylic acids is 2. The molecule has 0 spiro atoms. The Balaban J connectivity index is 3.52. The van der Waals surface area contributed by atoms with Crippen molar-refractivity contribution in [1.29, 1.82) is 0 Å². The zero-order valence-electron chi connectivity index (χ0n) is 39.2. The monoisotopic (exact) mass is 830 g/mol. The molecule has 3 N–H and O–H groups in total. The molecule has 0 aliphatic heterocycles. The van der Waals surface area contributed by atoms with Gasteiger partial charge in [-0.2, -0.15) is 0 Å². The van der Waals surface area contributed by atoms with Gasteiger partial charge in [0.25, 0.3) is 0 Å². The number of amides is 1. The van der Waals surface area contributed by atoms with E-state index in [0.29, 0.717) is 19.4 Å². The van der Waals surface area contributed by atoms with Crippen LogP contribution >= 0.6 is 0 Å². The van der Waals surface area contributed by atoms with Crippen LogP contribution in [0.25, 0.3) is 0 Å². The van der Waals surface area contributed by atoms with Gasteiger partial charge in [0.05, 0.1) is 25.4 Å². The second-order valence-electron chi connectivity index (χ2n) is 17.5. The molecule has 0 saturated heterocycles. The Morgan fingerprint density at radius 2 is 0.847 bits per heavy atom. The number of aliphatic hydroxyl groups excluding tert-OH is 2. The maximum Gasteiger partial charge on any atom is 0.305 e. The van der Waals surface area contributed by atoms with Crippen molar-refractivity contribution in [1.82, 2.24) is 5.32 Å². The fraction of sp³-hybridized carbons (Fsp3) is 0.849. The lowest BCUT2D eigenvalue weighted by Gasteiger charge is -2.20. The van der Waals surface area contributed by atoms with Crippen LogP contribution in [0.2, 0.25) is 0 Å². The fourth-order valence-corrected chi connectivity index (χ4v) is 7.66. The molecule has 346 valence electrons. The highest BCUT2D eigenvalue weighted by Gasteiger charge is 2.18. The highest BCUT2D eigenvalue weighted by Crippen LogP contribution is 2.15. The van der Waals surface area contributed by atoms with E-state index in [1.54, 1.807) is 6.08 Å². The maximum absolute atomic E-state index is 12.4. The third-order valence-electron chi connectivity index (χ3n) is 11.7. The van der Waals surface area contributed by atoms with Crippen LogP contribution in [-0.2, 0) is 14.3 Å². The molecule has 1 amide bonds. The van der Waals surface area contributed by atoms with E-state index in [1.807, 2.05) is 6.08 Å². The highest BCUT2D eigenvalue weighted by atomic mass is 16.5. The van der Waals surface area contributed by atoms with E-state index in [9.17, 15) is 19.8 Å². The third-order valence-corrected chi connectivity index (χ3v) is 11.7. The molecule has 0 heterocycles. The molecule has 0 radical (unpaired) electrons. The van der Waals surface area contributed by atoms with Gasteiger partial charge < -0.3 is 20.3 Å². The predicted octanol–water partition coefficient (Wildman–Crippen LogP) is 15.3. The van der Waals surface area contributed by atoms with Crippen LogP contribution in [0.4, 0.5) is 0 Å². The zero-order chi connectivity index (χ0) is 43.0. The molecular weight excluding hydrogens is 731 g/mol. The van der Waals surface area contributed by atoms with Gasteiger partial charge >= 0.3 is 5.97 Å². The van der Waals surface area contributed by atoms with Gasteiger partial charge in [0.15, 0.2) is 0 Å². The number of nitrogens with one attached hydrogen (secondary N) is 1. The van der Waals surface area contributed by atoms with Crippen molar-refractivity contribution < 1.29 is 24.5 Å². The topological polar surface area (TPSA) is 95.9 Å². The van der Waals surface area contributed by atoms with Crippen LogP contribution in [0.3, 0.4) is 0 Å². The minimum atomic E-state index is -0.857. The lowest BCUT2D eigenvalue weighted by atomic mass is 10.0. The van der Waals surface area contributed by atoms with E-state index in [1.165, 1.54) is 167 Å². The maximum atomic E-state index is 12.4. The first-order valence-corrected chi connectivity index (χ1v) is 25.8. The number of hydrogen-bond acceptors (Lipinski definition) is 5. The summed E-state index contributed by atoms with van der Waals surface area (Å²) in [4.78, 5) is 24.5. The molecule has 6 heteroatoms. The highest BCUT2D eigenvalue weighted by molar-refractivity contribution is 5.76. The Kier molecular flexibility index (Phi) is 47.2. The number of rotatable bonds is 47. The number of aliphatic hydroxyl groups is 2. The summed E-state index contributed by atoms with van der Waals surface area (Å²) in [5.41, 5.74) is 0. The molecule has 59 heavy (non-hydrogen) atoms. The van der Waals surface area contributed by atoms with Gasteiger partial charge in [-0.25, -0.2) is 0 Å². The van der Waals surface area contributed by atoms with Gasteiger partial charge in [-0.3, -0.25) is 9.59 Å². The molecule has 0 aliphatic carbocycles. The summed E-state index contributed by atoms with van der Waals surface area (Å²) in [6, 6.07) is -0.643. The Bertz CT molecular complexity index is 962. The van der Waals surface area contributed by atoms with Crippen LogP contribution in [0.5, 0.6) is 0 Å². The van der Waals surface area contributed by atoms with Crippen molar-refractivity contribution in [2.24, 2.45) is 0 Å². The number of esters is 1. The quantitative estimate of drug-likeness (QED) is 0.0323. The van der Waals surface area contributed by atoms with Crippen LogP contribution in [-0.4, -0.2) is 47.4 Å². The molecular formula is C53H99NO5. The Morgan fingerprint density at radius 3 is 1.32 bits per heavy atom. The first-order valence-electron chi connectivity index (χ1n) is 25.8. The smallest absolute Gasteiger partial charge is 0.305 e. The number of ether oxygens (including phenoxy) is 1. The first-order chi connectivity index (χ1) is 29.0. The van der Waals surface area contributed by atoms with Crippen molar-refractivity contribution in [3.63, 3.8) is 0 Å². The fourth-order valence-electron chi connectivity index (χ4n) is 7.66. The van der Waals surface area contributed by atoms with Gasteiger partial charge in [0, 0.05) is 12.8 Å². The molecule has 0 bridgehead atoms. The van der Waals surface area contributed by atoms with E-state index < -0.39 is 12.1 Å². The third kappa shape index (κ3) is 45.4. The summed E-state index contributed by atoms with van der Waals surface area (Å²) in [5, 5.41) is 23.1. The standard InChI is InChI=1S/C53H99NO5/c1-3-5-7-9-11-13-15-17-19-21-22-25-29-33-37-41-45-51(56)50(49-55)54-52(57)46-42-38-34-30-26-24-28-32-36-40-44-48-59-53(58)47-43-39-35-31-27-23-20-18-16-14-12-10-8-6-4-2/h12,14,18,20,41,45,50-51,55-56H,3-11,13,15-17,19,21-40,42-44,46-49H2,1-2H3,(H,54,57)/b14-12-,20-18-,45-41+. The Morgan fingerprint density at radius 1 is 0.475 bits per heavy atom. The average Bonchev–Trinajstić information content (AvgIpc) is 3.24. The lowest BCUT2D eigenvalue weighted by molar-refractivity contribution is -0.143. The lowest BCUT2D eigenvalue weighted by Crippen LogP contribution is -2.45. The molecule has 0 aromatic rings. The van der Waals surface area contributed by atoms with Gasteiger partial charge in [0.2, 0.25) is 5.91 Å². The number of carbonyl (C=O) groups is 2. The van der Waals surface area contributed by atoms with Crippen molar-refractivity contribution in [3.05, 3.63) is 36.5 Å². The largest absolute Gasteiger partial charge is 0.466 e. The molecule has 0 rings (SSSR count). The van der Waals surface area contributed by atoms with Crippen LogP contribution < -0.4 is 5.32 Å². The molecule has 0 fully saturated rings. The van der Waals surface area contributed by atoms with Crippen LogP contribution in [0, 0.1) is 0 Å². The van der Waals surface area contributed by atoms with E-state index in [2.05, 4.69) is 43.5 Å². The van der Waals surface area contributed by atoms with Gasteiger partial charge in [-0.1, -0.05) is 224 Å². The molecule has 0 saturated carbocycles. The number of hydrogen-bond donors (Lipinski definition) is 3. The SMILES string of the molecule is CCCCC/C=C\C/C=C\CCCCCCCC(=O)OCCCCCCCCCCCCCC(=O)NC(CO)C(O)/C=C/CCCCCCCCCCCCCCCC. The molecule has 2 atom stereocenters. The Hall–Kier alpha value is -1.92. The number of allylic oxidation sites excluding steroid dienone is 5. The van der Waals surface area contributed by atoms with Crippen molar-refractivity contribution in [3.8, 4) is 0 Å². The minimum Gasteiger partial charge on any atom is -0.466 e. The summed E-state index contributed by atoms with van der Waals surface area (Å²) in [6.45, 7) is 4.82. The van der Waals surface area contributed by atoms with Gasteiger partial charge in [-0.05, 0) is 64.2 Å². The molecule has 0 aromatic carbocycles. The van der Waals surface area contributed by atoms with Gasteiger partial charge in [-0.15, -0.1) is 0 Å². The van der Waals surface area contributed by atoms with Crippen LogP contribution in [0.1, 0.15) is 264 Å². The summed E-state index contributed by atoms with van der Waals surface area (Å²) in [5.74, 6) is -0.118. The van der Waals surface area contributed by atoms with Crippen molar-refractivity contribution >= 4 is 11.9 Å². The van der Waals surface area contributed by atoms with E-state index in [4.69, 9.17) is 4.74 Å². The Labute approximate surface area is 366 Å². The summed E-state index contributed by atoms with van der Waals surface area (Å²) < 4.78 is 5.45. The molecule has 0 aromatic heterocycles. The molecule has 2 unspecified atom stereocenters. The minimum absolute atomic E-state index is 0.0298. The van der Waals surface area contributed by atoms with E-state index in [-0.39, 0.29) is 18.5 Å². The first kappa shape index (κ1) is 57.1.